The van der Waals surface area contributed by atoms with Crippen LogP contribution in [0.3, 0.4) is 0 Å². The normalized spacial score (nSPS) is 18.2. The molecule has 0 radical (unpaired) electrons. The average molecular weight is 344 g/mol. The summed E-state index contributed by atoms with van der Waals surface area (Å²) in [4.78, 5) is 22.7. The number of carbonyl (C=O) groups is 1. The van der Waals surface area contributed by atoms with Crippen molar-refractivity contribution in [3.8, 4) is 5.88 Å². The number of hydrogen-bond acceptors (Lipinski definition) is 6. The molecule has 7 heteroatoms. The van der Waals surface area contributed by atoms with Gasteiger partial charge in [-0.2, -0.15) is 0 Å². The molecule has 1 atom stereocenters. The van der Waals surface area contributed by atoms with Crippen molar-refractivity contribution in [2.45, 2.75) is 45.3 Å². The molecule has 1 saturated heterocycles. The largest absolute Gasteiger partial charge is 0.471 e. The zero-order chi connectivity index (χ0) is 18.0. The Morgan fingerprint density at radius 1 is 1.32 bits per heavy atom. The van der Waals surface area contributed by atoms with E-state index in [1.807, 2.05) is 26.8 Å². The van der Waals surface area contributed by atoms with Crippen LogP contribution in [0.25, 0.3) is 11.0 Å². The molecule has 1 unspecified atom stereocenters. The van der Waals surface area contributed by atoms with Crippen molar-refractivity contribution in [2.75, 3.05) is 18.8 Å². The van der Waals surface area contributed by atoms with Crippen LogP contribution in [0, 0.1) is 0 Å². The first kappa shape index (κ1) is 17.3. The Kier molecular flexibility index (Phi) is 4.65. The van der Waals surface area contributed by atoms with Gasteiger partial charge in [0.05, 0.1) is 23.8 Å². The molecule has 1 aromatic carbocycles. The second kappa shape index (κ2) is 6.74. The molecule has 0 saturated carbocycles. The molecular weight excluding hydrogens is 320 g/mol. The number of likely N-dealkylation sites (tertiary alicyclic amines) is 1. The predicted molar refractivity (Wildman–Crippen MR) is 95.4 cm³/mol. The van der Waals surface area contributed by atoms with E-state index in [0.29, 0.717) is 24.7 Å². The maximum Gasteiger partial charge on any atom is 0.410 e. The molecule has 2 heterocycles. The first-order valence-corrected chi connectivity index (χ1v) is 8.47. The molecule has 1 fully saturated rings. The molecule has 1 aliphatic heterocycles. The molecule has 25 heavy (non-hydrogen) atoms. The average Bonchev–Trinajstić information content (AvgIpc) is 2.54. The Balaban J connectivity index is 1.66. The molecule has 7 nitrogen and oxygen atoms in total. The van der Waals surface area contributed by atoms with Crippen LogP contribution in [0.1, 0.15) is 33.6 Å². The summed E-state index contributed by atoms with van der Waals surface area (Å²) in [7, 11) is 0. The van der Waals surface area contributed by atoms with Crippen LogP contribution in [0.5, 0.6) is 5.88 Å². The maximum atomic E-state index is 12.2. The van der Waals surface area contributed by atoms with Crippen LogP contribution in [0.4, 0.5) is 10.5 Å². The van der Waals surface area contributed by atoms with Gasteiger partial charge in [-0.3, -0.25) is 0 Å². The van der Waals surface area contributed by atoms with Crippen molar-refractivity contribution < 1.29 is 14.3 Å². The summed E-state index contributed by atoms with van der Waals surface area (Å²) in [6.45, 7) is 6.74. The van der Waals surface area contributed by atoms with Gasteiger partial charge in [0.15, 0.2) is 0 Å². The molecule has 2 aromatic rings. The lowest BCUT2D eigenvalue weighted by Crippen LogP contribution is -2.46. The Morgan fingerprint density at radius 3 is 2.88 bits per heavy atom. The molecule has 0 aliphatic carbocycles. The van der Waals surface area contributed by atoms with Gasteiger partial charge < -0.3 is 20.1 Å². The van der Waals surface area contributed by atoms with Gasteiger partial charge in [0.25, 0.3) is 0 Å². The summed E-state index contributed by atoms with van der Waals surface area (Å²) in [5.74, 6) is 0.452. The van der Waals surface area contributed by atoms with E-state index < -0.39 is 5.60 Å². The lowest BCUT2D eigenvalue weighted by Gasteiger charge is -2.33. The fourth-order valence-corrected chi connectivity index (χ4v) is 2.76. The summed E-state index contributed by atoms with van der Waals surface area (Å²) in [6, 6.07) is 5.38. The number of rotatable bonds is 2. The van der Waals surface area contributed by atoms with Crippen LogP contribution < -0.4 is 10.5 Å². The highest BCUT2D eigenvalue weighted by Gasteiger charge is 2.28. The van der Waals surface area contributed by atoms with E-state index >= 15 is 0 Å². The number of piperidine rings is 1. The Labute approximate surface area is 147 Å². The summed E-state index contributed by atoms with van der Waals surface area (Å²) in [6.07, 6.45) is 2.89. The third kappa shape index (κ3) is 4.49. The molecule has 3 rings (SSSR count). The number of ether oxygens (including phenoxy) is 2. The number of aromatic nitrogens is 2. The zero-order valence-electron chi connectivity index (χ0n) is 14.9. The highest BCUT2D eigenvalue weighted by molar-refractivity contribution is 5.78. The Bertz CT molecular complexity index is 772. The minimum absolute atomic E-state index is 0.123. The first-order chi connectivity index (χ1) is 11.8. The van der Waals surface area contributed by atoms with E-state index in [4.69, 9.17) is 15.2 Å². The highest BCUT2D eigenvalue weighted by atomic mass is 16.6. The van der Waals surface area contributed by atoms with E-state index in [2.05, 4.69) is 9.97 Å². The lowest BCUT2D eigenvalue weighted by molar-refractivity contribution is 0.00722. The first-order valence-electron chi connectivity index (χ1n) is 8.47. The number of hydrogen-bond donors (Lipinski definition) is 1. The third-order valence-electron chi connectivity index (χ3n) is 3.86. The van der Waals surface area contributed by atoms with Gasteiger partial charge in [0.2, 0.25) is 5.88 Å². The van der Waals surface area contributed by atoms with Crippen molar-refractivity contribution in [3.05, 3.63) is 24.4 Å². The van der Waals surface area contributed by atoms with Gasteiger partial charge in [-0.1, -0.05) is 0 Å². The summed E-state index contributed by atoms with van der Waals surface area (Å²) in [5.41, 5.74) is 7.35. The number of nitrogens with zero attached hydrogens (tertiary/aromatic N) is 3. The van der Waals surface area contributed by atoms with Crippen LogP contribution in [0.2, 0.25) is 0 Å². The SMILES string of the molecule is CC(C)(C)OC(=O)N1CCCC(Oc2cnc3cc(N)ccc3n2)C1. The van der Waals surface area contributed by atoms with Gasteiger partial charge in [-0.05, 0) is 51.8 Å². The standard InChI is InChI=1S/C18H24N4O3/c1-18(2,3)25-17(23)22-8-4-5-13(11-22)24-16-10-20-15-9-12(19)6-7-14(15)21-16/h6-7,9-10,13H,4-5,8,11,19H2,1-3H3. The molecular formula is C18H24N4O3. The molecule has 0 bridgehead atoms. The fraction of sp³-hybridized carbons (Fsp3) is 0.500. The van der Waals surface area contributed by atoms with E-state index in [9.17, 15) is 4.79 Å². The molecule has 2 N–H and O–H groups in total. The van der Waals surface area contributed by atoms with E-state index in [1.165, 1.54) is 0 Å². The third-order valence-corrected chi connectivity index (χ3v) is 3.86. The molecule has 0 spiro atoms. The second-order valence-corrected chi connectivity index (χ2v) is 7.26. The quantitative estimate of drug-likeness (QED) is 0.842. The van der Waals surface area contributed by atoms with Crippen molar-refractivity contribution in [1.29, 1.82) is 0 Å². The van der Waals surface area contributed by atoms with Crippen molar-refractivity contribution in [3.63, 3.8) is 0 Å². The van der Waals surface area contributed by atoms with Crippen LogP contribution in [-0.4, -0.2) is 45.8 Å². The summed E-state index contributed by atoms with van der Waals surface area (Å²) in [5, 5.41) is 0. The number of fused-ring (bicyclic) bond motifs is 1. The van der Waals surface area contributed by atoms with Crippen molar-refractivity contribution in [1.82, 2.24) is 14.9 Å². The summed E-state index contributed by atoms with van der Waals surface area (Å²) < 4.78 is 11.4. The van der Waals surface area contributed by atoms with Gasteiger partial charge >= 0.3 is 6.09 Å². The fourth-order valence-electron chi connectivity index (χ4n) is 2.76. The van der Waals surface area contributed by atoms with E-state index in [-0.39, 0.29) is 12.2 Å². The highest BCUT2D eigenvalue weighted by Crippen LogP contribution is 2.21. The van der Waals surface area contributed by atoms with Gasteiger partial charge in [-0.25, -0.2) is 14.8 Å². The molecule has 1 aromatic heterocycles. The number of carbonyl (C=O) groups excluding carboxylic acids is 1. The maximum absolute atomic E-state index is 12.2. The zero-order valence-corrected chi connectivity index (χ0v) is 14.9. The smallest absolute Gasteiger partial charge is 0.410 e. The van der Waals surface area contributed by atoms with Crippen LogP contribution in [-0.2, 0) is 4.74 Å². The molecule has 1 aliphatic rings. The topological polar surface area (TPSA) is 90.6 Å². The lowest BCUT2D eigenvalue weighted by atomic mass is 10.1. The van der Waals surface area contributed by atoms with Crippen LogP contribution >= 0.6 is 0 Å². The number of benzene rings is 1. The van der Waals surface area contributed by atoms with E-state index in [1.54, 1.807) is 23.2 Å². The van der Waals surface area contributed by atoms with E-state index in [0.717, 1.165) is 23.9 Å². The Hall–Kier alpha value is -2.57. The predicted octanol–water partition coefficient (Wildman–Crippen LogP) is 2.99. The monoisotopic (exact) mass is 344 g/mol. The molecule has 1 amide bonds. The second-order valence-electron chi connectivity index (χ2n) is 7.26. The molecule has 134 valence electrons. The van der Waals surface area contributed by atoms with Gasteiger partial charge in [-0.15, -0.1) is 0 Å². The van der Waals surface area contributed by atoms with Crippen molar-refractivity contribution in [2.24, 2.45) is 0 Å². The minimum atomic E-state index is -0.503. The minimum Gasteiger partial charge on any atom is -0.471 e. The number of nitrogen functional groups attached to an aromatic ring is 1. The number of amides is 1. The summed E-state index contributed by atoms with van der Waals surface area (Å²) >= 11 is 0. The van der Waals surface area contributed by atoms with Crippen LogP contribution in [0.15, 0.2) is 24.4 Å². The van der Waals surface area contributed by atoms with Gasteiger partial charge in [0.1, 0.15) is 11.7 Å². The number of anilines is 1. The number of nitrogens with two attached hydrogens (primary N) is 1. The Morgan fingerprint density at radius 2 is 2.12 bits per heavy atom. The van der Waals surface area contributed by atoms with Gasteiger partial charge in [0, 0.05) is 12.2 Å². The van der Waals surface area contributed by atoms with Crippen molar-refractivity contribution >= 4 is 22.8 Å².